The Hall–Kier alpha value is -9.56. The molecule has 12 aromatic rings. The minimum atomic E-state index is 0.453. The van der Waals surface area contributed by atoms with Crippen molar-refractivity contribution in [2.24, 2.45) is 0 Å². The summed E-state index contributed by atoms with van der Waals surface area (Å²) >= 11 is 0. The van der Waals surface area contributed by atoms with E-state index in [4.69, 9.17) is 43.6 Å². The van der Waals surface area contributed by atoms with Crippen molar-refractivity contribution in [1.82, 2.24) is 62.7 Å². The number of benzene rings is 8. The van der Waals surface area contributed by atoms with Crippen LogP contribution in [0.25, 0.3) is 44.1 Å². The van der Waals surface area contributed by atoms with Gasteiger partial charge >= 0.3 is 0 Å². The van der Waals surface area contributed by atoms with Crippen LogP contribution in [-0.2, 0) is 52.4 Å². The molecule has 0 radical (unpaired) electrons. The minimum absolute atomic E-state index is 0.453. The standard InChI is InChI=1S/C26H35N3O2.C25H33N3O.C23H30N4O.C23H29N3O/c1-4-16-30-22-11-12-24-23(18-22)27-25(19-28-13-6-5-7-14-28)29(24)15-17-31-26-20(2)9-8-10-21(26)3;1-19(2)21-12-11-20(3)17-24(21)29-16-15-28-23-10-6-5-9-22(23)26-25(28)18-27-13-7-4-8-14-27;1-18-7-6-8-19(2)23(18)28-16-15-27-21-10-5-4-9-20(21)24-22(27)17-26-13-11-25(3)12-14-26;1-18-9-8-10-19(2)23(18)27-16-15-26-21-12-5-4-11-20(21)24-22(26)17-25-13-6-3-7-14-25/h8-12,18H,4-7,13-17,19H2,1-3H3;5-6,9-12,17,19H,4,7-8,13-16,18H2,1-3H3;4-10H,11-17H2,1-3H3;4-5,8-12H,3,6-7,13-17H2,1-2H3. The first-order valence-electron chi connectivity index (χ1n) is 42.9. The van der Waals surface area contributed by atoms with Gasteiger partial charge in [0.25, 0.3) is 0 Å². The van der Waals surface area contributed by atoms with Crippen molar-refractivity contribution in [2.75, 3.05) is 106 Å². The molecule has 16 rings (SSSR count). The second-order valence-corrected chi connectivity index (χ2v) is 32.5. The van der Waals surface area contributed by atoms with Gasteiger partial charge in [-0.25, -0.2) is 19.9 Å². The molecule has 4 fully saturated rings. The highest BCUT2D eigenvalue weighted by Crippen LogP contribution is 2.32. The zero-order chi connectivity index (χ0) is 80.0. The number of para-hydroxylation sites is 9. The average molecular weight is 1560 g/mol. The topological polar surface area (TPSA) is 134 Å². The number of likely N-dealkylation sites (N-methyl/N-ethyl adjacent to an activating group) is 1. The molecule has 0 atom stereocenters. The Morgan fingerprint density at radius 3 is 1.03 bits per heavy atom. The van der Waals surface area contributed by atoms with Crippen LogP contribution in [0.3, 0.4) is 0 Å². The fourth-order valence-electron chi connectivity index (χ4n) is 16.8. The SMILES string of the molecule is CCCOc1ccc2c(c1)nc(CN1CCCCC1)n2CCOc1c(C)cccc1C.Cc1ccc(C(C)C)c(OCCn2c(CN3CCCCC3)nc3ccccc32)c1.Cc1cccc(C)c1OCCn1c(CN2CCCCC2)nc2ccccc21.Cc1cccc(C)c1OCCn1c(CN2CCN(C)CC2)nc2ccccc21. The van der Waals surface area contributed by atoms with Crippen molar-refractivity contribution in [3.8, 4) is 28.7 Å². The van der Waals surface area contributed by atoms with E-state index in [0.717, 1.165) is 184 Å². The lowest BCUT2D eigenvalue weighted by Crippen LogP contribution is -2.44. The number of hydrogen-bond acceptors (Lipinski definition) is 14. The maximum atomic E-state index is 6.28. The zero-order valence-electron chi connectivity index (χ0n) is 70.9. The lowest BCUT2D eigenvalue weighted by atomic mass is 10.0. The molecule has 0 N–H and O–H groups in total. The summed E-state index contributed by atoms with van der Waals surface area (Å²) in [6.45, 7) is 43.0. The molecule has 4 aromatic heterocycles. The first kappa shape index (κ1) is 83.4. The fraction of sp³-hybridized carbons (Fsp3) is 0.464. The molecule has 115 heavy (non-hydrogen) atoms. The number of likely N-dealkylation sites (tertiary alicyclic amines) is 3. The Balaban J connectivity index is 0.000000134. The third-order valence-corrected chi connectivity index (χ3v) is 23.1. The predicted octanol–water partition coefficient (Wildman–Crippen LogP) is 19.2. The van der Waals surface area contributed by atoms with Gasteiger partial charge in [0.1, 0.15) is 78.5 Å². The Labute approximate surface area is 684 Å². The number of rotatable bonds is 28. The lowest BCUT2D eigenvalue weighted by molar-refractivity contribution is 0.144. The van der Waals surface area contributed by atoms with E-state index in [1.165, 1.54) is 145 Å². The van der Waals surface area contributed by atoms with E-state index in [2.05, 4.69) is 283 Å². The number of aryl methyl sites for hydroxylation is 7. The number of hydrogen-bond donors (Lipinski definition) is 0. The van der Waals surface area contributed by atoms with Crippen LogP contribution in [0.5, 0.6) is 28.7 Å². The molecule has 4 aliphatic rings. The first-order chi connectivity index (χ1) is 56.1. The van der Waals surface area contributed by atoms with Gasteiger partial charge in [0.2, 0.25) is 0 Å². The van der Waals surface area contributed by atoms with Crippen molar-refractivity contribution in [2.45, 2.75) is 192 Å². The molecule has 0 unspecified atom stereocenters. The lowest BCUT2D eigenvalue weighted by Gasteiger charge is -2.32. The van der Waals surface area contributed by atoms with Gasteiger partial charge in [0, 0.05) is 32.2 Å². The van der Waals surface area contributed by atoms with Gasteiger partial charge in [0.05, 0.1) is 103 Å². The van der Waals surface area contributed by atoms with E-state index in [9.17, 15) is 0 Å². The third kappa shape index (κ3) is 22.4. The van der Waals surface area contributed by atoms with Crippen molar-refractivity contribution in [3.05, 3.63) is 232 Å². The summed E-state index contributed by atoms with van der Waals surface area (Å²) in [5, 5.41) is 0. The first-order valence-corrected chi connectivity index (χ1v) is 42.9. The molecule has 0 amide bonds. The van der Waals surface area contributed by atoms with Crippen molar-refractivity contribution in [1.29, 1.82) is 0 Å². The zero-order valence-corrected chi connectivity index (χ0v) is 70.9. The quantitative estimate of drug-likeness (QED) is 0.0460. The van der Waals surface area contributed by atoms with Crippen molar-refractivity contribution in [3.63, 3.8) is 0 Å². The van der Waals surface area contributed by atoms with E-state index < -0.39 is 0 Å². The highest BCUT2D eigenvalue weighted by atomic mass is 16.5. The van der Waals surface area contributed by atoms with Crippen LogP contribution in [0.4, 0.5) is 0 Å². The molecule has 8 aromatic carbocycles. The van der Waals surface area contributed by atoms with E-state index in [-0.39, 0.29) is 0 Å². The Kier molecular flexibility index (Phi) is 30.0. The molecular formula is C97H127N13O5. The second kappa shape index (κ2) is 41.3. The normalized spacial score (nSPS) is 15.3. The van der Waals surface area contributed by atoms with E-state index in [1.54, 1.807) is 0 Å². The predicted molar refractivity (Wildman–Crippen MR) is 470 cm³/mol. The molecule has 18 heteroatoms. The van der Waals surface area contributed by atoms with Crippen LogP contribution >= 0.6 is 0 Å². The molecule has 8 heterocycles. The molecule has 18 nitrogen and oxygen atoms in total. The smallest absolute Gasteiger partial charge is 0.125 e. The molecular weight excluding hydrogens is 1430 g/mol. The number of piperazine rings is 1. The highest BCUT2D eigenvalue weighted by molar-refractivity contribution is 5.79. The molecule has 0 aliphatic carbocycles. The van der Waals surface area contributed by atoms with Crippen LogP contribution in [-0.4, -0.2) is 168 Å². The summed E-state index contributed by atoms with van der Waals surface area (Å²) in [4.78, 5) is 32.3. The summed E-state index contributed by atoms with van der Waals surface area (Å²) in [5.74, 6) is 9.96. The van der Waals surface area contributed by atoms with Gasteiger partial charge in [-0.1, -0.05) is 143 Å². The average Bonchev–Trinajstić information content (AvgIpc) is 1.66. The summed E-state index contributed by atoms with van der Waals surface area (Å²) in [5.41, 5.74) is 18.6. The maximum absolute atomic E-state index is 6.28. The third-order valence-electron chi connectivity index (χ3n) is 23.1. The van der Waals surface area contributed by atoms with E-state index in [1.807, 2.05) is 0 Å². The summed E-state index contributed by atoms with van der Waals surface area (Å²) in [7, 11) is 2.19. The van der Waals surface area contributed by atoms with Crippen molar-refractivity contribution < 1.29 is 23.7 Å². The molecule has 4 saturated heterocycles. The van der Waals surface area contributed by atoms with Crippen LogP contribution < -0.4 is 23.7 Å². The number of aromatic nitrogens is 8. The van der Waals surface area contributed by atoms with Gasteiger partial charge in [-0.05, 0) is 245 Å². The maximum Gasteiger partial charge on any atom is 0.125 e. The molecule has 0 spiro atoms. The largest absolute Gasteiger partial charge is 0.494 e. The molecule has 4 aliphatic heterocycles. The fourth-order valence-corrected chi connectivity index (χ4v) is 16.8. The monoisotopic (exact) mass is 1550 g/mol. The highest BCUT2D eigenvalue weighted by Gasteiger charge is 2.24. The number of imidazole rings is 4. The number of nitrogens with zero attached hydrogens (tertiary/aromatic N) is 13. The molecule has 0 bridgehead atoms. The second-order valence-electron chi connectivity index (χ2n) is 32.5. The van der Waals surface area contributed by atoms with Gasteiger partial charge in [-0.3, -0.25) is 19.6 Å². The minimum Gasteiger partial charge on any atom is -0.494 e. The van der Waals surface area contributed by atoms with Gasteiger partial charge < -0.3 is 46.9 Å². The Morgan fingerprint density at radius 2 is 0.661 bits per heavy atom. The van der Waals surface area contributed by atoms with Crippen LogP contribution in [0.15, 0.2) is 164 Å². The van der Waals surface area contributed by atoms with E-state index >= 15 is 0 Å². The van der Waals surface area contributed by atoms with Crippen molar-refractivity contribution >= 4 is 44.1 Å². The van der Waals surface area contributed by atoms with Gasteiger partial charge in [0.15, 0.2) is 0 Å². The molecule has 610 valence electrons. The number of ether oxygens (including phenoxy) is 5. The summed E-state index contributed by atoms with van der Waals surface area (Å²) in [6, 6.07) is 57.0. The van der Waals surface area contributed by atoms with Crippen LogP contribution in [0, 0.1) is 48.5 Å². The van der Waals surface area contributed by atoms with Crippen LogP contribution in [0.2, 0.25) is 0 Å². The Morgan fingerprint density at radius 1 is 0.322 bits per heavy atom. The van der Waals surface area contributed by atoms with Crippen LogP contribution in [0.1, 0.15) is 159 Å². The molecule has 0 saturated carbocycles. The summed E-state index contributed by atoms with van der Waals surface area (Å²) in [6.07, 6.45) is 12.8. The summed E-state index contributed by atoms with van der Waals surface area (Å²) < 4.78 is 40.1. The van der Waals surface area contributed by atoms with Gasteiger partial charge in [-0.15, -0.1) is 0 Å². The Bertz CT molecular complexity index is 5000. The van der Waals surface area contributed by atoms with Gasteiger partial charge in [-0.2, -0.15) is 0 Å². The van der Waals surface area contributed by atoms with E-state index in [0.29, 0.717) is 32.3 Å². The number of piperidine rings is 3. The number of fused-ring (bicyclic) bond motifs is 4.